The van der Waals surface area contributed by atoms with E-state index in [2.05, 4.69) is 36.1 Å². The number of amides is 2. The molecular weight excluding hydrogens is 434 g/mol. The minimum atomic E-state index is -0.0506. The lowest BCUT2D eigenvalue weighted by Gasteiger charge is -2.34. The molecule has 7 nitrogen and oxygen atoms in total. The molecule has 0 radical (unpaired) electrons. The second-order valence-electron chi connectivity index (χ2n) is 6.03. The van der Waals surface area contributed by atoms with Gasteiger partial charge in [0.2, 0.25) is 5.95 Å². The van der Waals surface area contributed by atoms with Gasteiger partial charge in [0.05, 0.1) is 11.6 Å². The highest BCUT2D eigenvalue weighted by Gasteiger charge is 2.22. The molecule has 1 aromatic carbocycles. The van der Waals surface area contributed by atoms with Crippen molar-refractivity contribution in [3.05, 3.63) is 46.2 Å². The first-order valence-electron chi connectivity index (χ1n) is 8.76. The molecule has 0 atom stereocenters. The zero-order valence-electron chi connectivity index (χ0n) is 14.8. The summed E-state index contributed by atoms with van der Waals surface area (Å²) in [5.74, 6) is 1.35. The van der Waals surface area contributed by atoms with Crippen molar-refractivity contribution < 1.29 is 9.53 Å². The fraction of sp³-hybridized carbons (Fsp3) is 0.389. The Labute approximate surface area is 171 Å². The van der Waals surface area contributed by atoms with E-state index in [4.69, 9.17) is 16.3 Å². The summed E-state index contributed by atoms with van der Waals surface area (Å²) in [6.07, 6.45) is 4.16. The first kappa shape index (κ1) is 19.7. The number of rotatable bonds is 6. The normalized spacial score (nSPS) is 14.1. The summed E-state index contributed by atoms with van der Waals surface area (Å²) in [6, 6.07) is 7.23. The van der Waals surface area contributed by atoms with E-state index in [9.17, 15) is 4.79 Å². The number of hydrogen-bond acceptors (Lipinski definition) is 5. The molecule has 0 spiro atoms. The lowest BCUT2D eigenvalue weighted by Crippen LogP contribution is -2.52. The molecule has 2 amide bonds. The molecule has 1 aromatic heterocycles. The fourth-order valence-corrected chi connectivity index (χ4v) is 3.45. The van der Waals surface area contributed by atoms with E-state index in [0.29, 0.717) is 49.4 Å². The SMILES string of the molecule is O=C(NCCCOc1ccc(Br)cc1Cl)N1CCN(c2ncccn2)CC1. The van der Waals surface area contributed by atoms with Gasteiger partial charge >= 0.3 is 6.03 Å². The van der Waals surface area contributed by atoms with Crippen LogP contribution in [0.2, 0.25) is 5.02 Å². The third kappa shape index (κ3) is 5.71. The molecule has 144 valence electrons. The molecule has 2 aromatic rings. The predicted octanol–water partition coefficient (Wildman–Crippen LogP) is 3.19. The minimum absolute atomic E-state index is 0.0506. The van der Waals surface area contributed by atoms with Crippen LogP contribution in [0.5, 0.6) is 5.75 Å². The second-order valence-corrected chi connectivity index (χ2v) is 7.35. The third-order valence-electron chi connectivity index (χ3n) is 4.15. The average Bonchev–Trinajstić information content (AvgIpc) is 2.70. The zero-order chi connectivity index (χ0) is 19.1. The second kappa shape index (κ2) is 9.75. The largest absolute Gasteiger partial charge is 0.492 e. The molecule has 0 bridgehead atoms. The fourth-order valence-electron chi connectivity index (χ4n) is 2.72. The topological polar surface area (TPSA) is 70.6 Å². The van der Waals surface area contributed by atoms with Crippen molar-refractivity contribution in [2.45, 2.75) is 6.42 Å². The van der Waals surface area contributed by atoms with Gasteiger partial charge in [0.1, 0.15) is 5.75 Å². The quantitative estimate of drug-likeness (QED) is 0.679. The van der Waals surface area contributed by atoms with Gasteiger partial charge in [0.25, 0.3) is 0 Å². The third-order valence-corrected chi connectivity index (χ3v) is 4.94. The van der Waals surface area contributed by atoms with Crippen LogP contribution >= 0.6 is 27.5 Å². The first-order valence-corrected chi connectivity index (χ1v) is 9.93. The number of anilines is 1. The molecule has 9 heteroatoms. The van der Waals surface area contributed by atoms with Crippen molar-refractivity contribution in [2.75, 3.05) is 44.2 Å². The highest BCUT2D eigenvalue weighted by Crippen LogP contribution is 2.27. The molecule has 27 heavy (non-hydrogen) atoms. The van der Waals surface area contributed by atoms with Crippen LogP contribution in [0, 0.1) is 0 Å². The van der Waals surface area contributed by atoms with Crippen molar-refractivity contribution in [3.8, 4) is 5.75 Å². The van der Waals surface area contributed by atoms with Gasteiger partial charge in [0, 0.05) is 49.6 Å². The Balaban J connectivity index is 1.33. The maximum absolute atomic E-state index is 12.3. The molecule has 0 unspecified atom stereocenters. The van der Waals surface area contributed by atoms with Crippen molar-refractivity contribution in [2.24, 2.45) is 0 Å². The van der Waals surface area contributed by atoms with Crippen LogP contribution in [0.1, 0.15) is 6.42 Å². The molecule has 0 aliphatic carbocycles. The van der Waals surface area contributed by atoms with E-state index in [1.165, 1.54) is 0 Å². The van der Waals surface area contributed by atoms with Gasteiger partial charge in [-0.2, -0.15) is 0 Å². The summed E-state index contributed by atoms with van der Waals surface area (Å²) < 4.78 is 6.55. The number of halogens is 2. The minimum Gasteiger partial charge on any atom is -0.492 e. The maximum Gasteiger partial charge on any atom is 0.317 e. The number of hydrogen-bond donors (Lipinski definition) is 1. The summed E-state index contributed by atoms with van der Waals surface area (Å²) in [7, 11) is 0. The van der Waals surface area contributed by atoms with Crippen molar-refractivity contribution in [1.29, 1.82) is 0 Å². The number of ether oxygens (including phenoxy) is 1. The standard InChI is InChI=1S/C18H21BrClN5O2/c19-14-3-4-16(15(20)13-14)27-12-2-7-23-18(26)25-10-8-24(9-11-25)17-21-5-1-6-22-17/h1,3-6,13H,2,7-12H2,(H,23,26). The molecule has 2 heterocycles. The van der Waals surface area contributed by atoms with Crippen LogP contribution in [0.3, 0.4) is 0 Å². The Morgan fingerprint density at radius 1 is 1.22 bits per heavy atom. The number of benzene rings is 1. The molecule has 1 aliphatic rings. The van der Waals surface area contributed by atoms with E-state index in [1.807, 2.05) is 17.0 Å². The van der Waals surface area contributed by atoms with Crippen LogP contribution in [-0.4, -0.2) is 60.2 Å². The van der Waals surface area contributed by atoms with Gasteiger partial charge in [-0.25, -0.2) is 14.8 Å². The lowest BCUT2D eigenvalue weighted by atomic mass is 10.3. The van der Waals surface area contributed by atoms with Crippen molar-refractivity contribution >= 4 is 39.5 Å². The maximum atomic E-state index is 12.3. The molecule has 1 N–H and O–H groups in total. The van der Waals surface area contributed by atoms with Crippen molar-refractivity contribution in [1.82, 2.24) is 20.2 Å². The van der Waals surface area contributed by atoms with Gasteiger partial charge in [0.15, 0.2) is 0 Å². The van der Waals surface area contributed by atoms with E-state index in [0.717, 1.165) is 17.6 Å². The highest BCUT2D eigenvalue weighted by atomic mass is 79.9. The number of carbonyl (C=O) groups excluding carboxylic acids is 1. The Bertz CT molecular complexity index is 757. The molecular formula is C18H21BrClN5O2. The summed E-state index contributed by atoms with van der Waals surface area (Å²) in [6.45, 7) is 3.78. The molecule has 1 fully saturated rings. The van der Waals surface area contributed by atoms with Gasteiger partial charge in [-0.15, -0.1) is 0 Å². The Hall–Kier alpha value is -2.06. The number of aromatic nitrogens is 2. The van der Waals surface area contributed by atoms with Gasteiger partial charge in [-0.3, -0.25) is 0 Å². The Kier molecular flexibility index (Phi) is 7.11. The molecule has 1 aliphatic heterocycles. The van der Waals surface area contributed by atoms with Crippen LogP contribution in [-0.2, 0) is 0 Å². The van der Waals surface area contributed by atoms with Crippen LogP contribution in [0.25, 0.3) is 0 Å². The molecule has 3 rings (SSSR count). The smallest absolute Gasteiger partial charge is 0.317 e. The van der Waals surface area contributed by atoms with Crippen LogP contribution < -0.4 is 15.0 Å². The predicted molar refractivity (Wildman–Crippen MR) is 108 cm³/mol. The van der Waals surface area contributed by atoms with Gasteiger partial charge < -0.3 is 19.9 Å². The number of nitrogens with one attached hydrogen (secondary N) is 1. The molecule has 1 saturated heterocycles. The zero-order valence-corrected chi connectivity index (χ0v) is 17.1. The number of carbonyl (C=O) groups is 1. The number of urea groups is 1. The van der Waals surface area contributed by atoms with Crippen molar-refractivity contribution in [3.63, 3.8) is 0 Å². The van der Waals surface area contributed by atoms with E-state index >= 15 is 0 Å². The summed E-state index contributed by atoms with van der Waals surface area (Å²) in [5, 5.41) is 3.50. The number of nitrogens with zero attached hydrogens (tertiary/aromatic N) is 4. The van der Waals surface area contributed by atoms with Gasteiger partial charge in [-0.05, 0) is 30.7 Å². The van der Waals surface area contributed by atoms with E-state index in [-0.39, 0.29) is 6.03 Å². The summed E-state index contributed by atoms with van der Waals surface area (Å²) >= 11 is 9.46. The summed E-state index contributed by atoms with van der Waals surface area (Å²) in [4.78, 5) is 24.7. The molecule has 0 saturated carbocycles. The van der Waals surface area contributed by atoms with Gasteiger partial charge in [-0.1, -0.05) is 27.5 Å². The van der Waals surface area contributed by atoms with E-state index < -0.39 is 0 Å². The Morgan fingerprint density at radius 3 is 2.67 bits per heavy atom. The number of piperazine rings is 1. The van der Waals surface area contributed by atoms with E-state index in [1.54, 1.807) is 24.5 Å². The summed E-state index contributed by atoms with van der Waals surface area (Å²) in [5.41, 5.74) is 0. The highest BCUT2D eigenvalue weighted by molar-refractivity contribution is 9.10. The average molecular weight is 455 g/mol. The van der Waals surface area contributed by atoms with Crippen LogP contribution in [0.4, 0.5) is 10.7 Å². The Morgan fingerprint density at radius 2 is 1.96 bits per heavy atom. The lowest BCUT2D eigenvalue weighted by molar-refractivity contribution is 0.193. The first-order chi connectivity index (χ1) is 13.1. The van der Waals surface area contributed by atoms with Crippen LogP contribution in [0.15, 0.2) is 41.1 Å². The monoisotopic (exact) mass is 453 g/mol.